The predicted molar refractivity (Wildman–Crippen MR) is 91.5 cm³/mol. The number of fused-ring (bicyclic) bond motifs is 2. The molecule has 0 radical (unpaired) electrons. The van der Waals surface area contributed by atoms with Gasteiger partial charge in [-0.1, -0.05) is 12.1 Å². The number of carbonyl (C=O) groups is 2. The Morgan fingerprint density at radius 2 is 1.46 bits per heavy atom. The first-order chi connectivity index (χ1) is 11.5. The second-order valence-electron chi connectivity index (χ2n) is 5.93. The third-order valence-corrected chi connectivity index (χ3v) is 4.44. The summed E-state index contributed by atoms with van der Waals surface area (Å²) >= 11 is 0. The molecule has 4 rings (SSSR count). The minimum atomic E-state index is -0.323. The number of carbonyl (C=O) groups excluding carboxylic acids is 2. The molecule has 118 valence electrons. The first kappa shape index (κ1) is 14.4. The average Bonchev–Trinajstić information content (AvgIpc) is 2.84. The lowest BCUT2D eigenvalue weighted by Gasteiger charge is -2.15. The lowest BCUT2D eigenvalue weighted by Crippen LogP contribution is -2.29. The van der Waals surface area contributed by atoms with Crippen LogP contribution in [0.15, 0.2) is 53.3 Å². The highest BCUT2D eigenvalue weighted by Gasteiger charge is 2.36. The van der Waals surface area contributed by atoms with Gasteiger partial charge < -0.3 is 4.57 Å². The van der Waals surface area contributed by atoms with Crippen LogP contribution in [0.2, 0.25) is 0 Å². The summed E-state index contributed by atoms with van der Waals surface area (Å²) in [6.07, 6.45) is 0. The van der Waals surface area contributed by atoms with E-state index < -0.39 is 0 Å². The number of aromatic nitrogens is 1. The van der Waals surface area contributed by atoms with Crippen molar-refractivity contribution in [2.24, 2.45) is 7.05 Å². The molecule has 0 unspecified atom stereocenters. The Labute approximate surface area is 137 Å². The summed E-state index contributed by atoms with van der Waals surface area (Å²) in [5.41, 5.74) is 2.65. The minimum Gasteiger partial charge on any atom is -0.311 e. The van der Waals surface area contributed by atoms with E-state index in [1.807, 2.05) is 0 Å². The van der Waals surface area contributed by atoms with Crippen molar-refractivity contribution < 1.29 is 9.59 Å². The maximum absolute atomic E-state index is 12.6. The quantitative estimate of drug-likeness (QED) is 0.648. The summed E-state index contributed by atoms with van der Waals surface area (Å²) < 4.78 is 1.57. The maximum atomic E-state index is 12.6. The van der Waals surface area contributed by atoms with Crippen LogP contribution in [0.1, 0.15) is 26.3 Å². The van der Waals surface area contributed by atoms with Crippen LogP contribution >= 0.6 is 0 Å². The van der Waals surface area contributed by atoms with E-state index in [9.17, 15) is 14.4 Å². The summed E-state index contributed by atoms with van der Waals surface area (Å²) in [5, 5.41) is 0.809. The van der Waals surface area contributed by atoms with Crippen LogP contribution in [0.4, 0.5) is 5.69 Å². The van der Waals surface area contributed by atoms with Gasteiger partial charge in [-0.05, 0) is 43.3 Å². The molecular weight excluding hydrogens is 304 g/mol. The molecule has 0 aliphatic carbocycles. The lowest BCUT2D eigenvalue weighted by atomic mass is 10.1. The molecule has 5 heteroatoms. The zero-order valence-corrected chi connectivity index (χ0v) is 13.2. The number of amides is 2. The van der Waals surface area contributed by atoms with Crippen molar-refractivity contribution in [1.82, 2.24) is 4.57 Å². The van der Waals surface area contributed by atoms with E-state index in [1.165, 1.54) is 4.90 Å². The molecule has 0 spiro atoms. The fourth-order valence-corrected chi connectivity index (χ4v) is 3.19. The Hall–Kier alpha value is -3.21. The van der Waals surface area contributed by atoms with Crippen molar-refractivity contribution in [3.8, 4) is 0 Å². The number of aryl methyl sites for hydroxylation is 2. The van der Waals surface area contributed by atoms with E-state index in [2.05, 4.69) is 0 Å². The molecule has 3 aromatic rings. The Balaban J connectivity index is 1.90. The molecule has 2 amide bonds. The first-order valence-electron chi connectivity index (χ1n) is 7.57. The molecule has 24 heavy (non-hydrogen) atoms. The zero-order valence-electron chi connectivity index (χ0n) is 13.2. The molecule has 0 saturated heterocycles. The van der Waals surface area contributed by atoms with Gasteiger partial charge in [0.1, 0.15) is 0 Å². The molecule has 2 heterocycles. The van der Waals surface area contributed by atoms with E-state index in [0.29, 0.717) is 22.4 Å². The first-order valence-corrected chi connectivity index (χ1v) is 7.57. The van der Waals surface area contributed by atoms with Crippen LogP contribution in [0.5, 0.6) is 0 Å². The van der Waals surface area contributed by atoms with Crippen LogP contribution < -0.4 is 10.5 Å². The van der Waals surface area contributed by atoms with Crippen molar-refractivity contribution in [1.29, 1.82) is 0 Å². The second-order valence-corrected chi connectivity index (χ2v) is 5.93. The highest BCUT2D eigenvalue weighted by Crippen LogP contribution is 2.30. The van der Waals surface area contributed by atoms with Crippen molar-refractivity contribution in [2.75, 3.05) is 4.90 Å². The van der Waals surface area contributed by atoms with Crippen LogP contribution in [-0.4, -0.2) is 16.4 Å². The van der Waals surface area contributed by atoms with Gasteiger partial charge in [0, 0.05) is 18.0 Å². The standard InChI is InChI=1S/C19H14N2O3/c1-11-9-12-10-13(7-8-16(12)20(2)17(11)22)21-18(23)14-5-3-4-6-15(14)19(21)24/h3-10H,1-2H3. The van der Waals surface area contributed by atoms with Crippen molar-refractivity contribution in [3.05, 3.63) is 75.6 Å². The molecule has 1 aliphatic heterocycles. The Kier molecular flexibility index (Phi) is 2.93. The van der Waals surface area contributed by atoms with Crippen molar-refractivity contribution >= 4 is 28.4 Å². The van der Waals surface area contributed by atoms with Gasteiger partial charge >= 0.3 is 0 Å². The largest absolute Gasteiger partial charge is 0.311 e. The van der Waals surface area contributed by atoms with Gasteiger partial charge in [-0.25, -0.2) is 4.90 Å². The molecule has 2 aromatic carbocycles. The molecule has 0 N–H and O–H groups in total. The highest BCUT2D eigenvalue weighted by molar-refractivity contribution is 6.34. The minimum absolute atomic E-state index is 0.0593. The fourth-order valence-electron chi connectivity index (χ4n) is 3.19. The predicted octanol–water partition coefficient (Wildman–Crippen LogP) is 2.65. The Morgan fingerprint density at radius 1 is 0.833 bits per heavy atom. The highest BCUT2D eigenvalue weighted by atomic mass is 16.2. The van der Waals surface area contributed by atoms with Crippen LogP contribution in [0.25, 0.3) is 10.9 Å². The van der Waals surface area contributed by atoms with Gasteiger partial charge in [0.25, 0.3) is 17.4 Å². The maximum Gasteiger partial charge on any atom is 0.266 e. The van der Waals surface area contributed by atoms with Gasteiger partial charge in [0.15, 0.2) is 0 Å². The topological polar surface area (TPSA) is 59.4 Å². The molecule has 0 saturated carbocycles. The molecule has 1 aromatic heterocycles. The fraction of sp³-hybridized carbons (Fsp3) is 0.105. The van der Waals surface area contributed by atoms with Gasteiger partial charge in [0.05, 0.1) is 22.3 Å². The molecule has 0 atom stereocenters. The Morgan fingerprint density at radius 3 is 2.08 bits per heavy atom. The number of rotatable bonds is 1. The van der Waals surface area contributed by atoms with E-state index in [-0.39, 0.29) is 17.4 Å². The number of pyridine rings is 1. The Bertz CT molecular complexity index is 1060. The number of nitrogens with zero attached hydrogens (tertiary/aromatic N) is 2. The number of benzene rings is 2. The van der Waals surface area contributed by atoms with E-state index in [1.54, 1.807) is 67.1 Å². The SMILES string of the molecule is Cc1cc2cc(N3C(=O)c4ccccc4C3=O)ccc2n(C)c1=O. The van der Waals surface area contributed by atoms with Gasteiger partial charge in [-0.15, -0.1) is 0 Å². The summed E-state index contributed by atoms with van der Waals surface area (Å²) in [6, 6.07) is 13.8. The number of anilines is 1. The summed E-state index contributed by atoms with van der Waals surface area (Å²) in [6.45, 7) is 1.75. The lowest BCUT2D eigenvalue weighted by molar-refractivity contribution is 0.0926. The van der Waals surface area contributed by atoms with Crippen LogP contribution in [0.3, 0.4) is 0 Å². The smallest absolute Gasteiger partial charge is 0.266 e. The monoisotopic (exact) mass is 318 g/mol. The molecule has 0 bridgehead atoms. The molecule has 1 aliphatic rings. The average molecular weight is 318 g/mol. The number of imide groups is 1. The van der Waals surface area contributed by atoms with Crippen LogP contribution in [0, 0.1) is 6.92 Å². The molecule has 5 nitrogen and oxygen atoms in total. The van der Waals surface area contributed by atoms with Gasteiger partial charge in [-0.2, -0.15) is 0 Å². The van der Waals surface area contributed by atoms with Crippen LogP contribution in [-0.2, 0) is 7.05 Å². The summed E-state index contributed by atoms with van der Waals surface area (Å²) in [7, 11) is 1.71. The molecule has 0 fully saturated rings. The third kappa shape index (κ3) is 1.84. The number of hydrogen-bond donors (Lipinski definition) is 0. The van der Waals surface area contributed by atoms with Gasteiger partial charge in [-0.3, -0.25) is 14.4 Å². The zero-order chi connectivity index (χ0) is 17.0. The van der Waals surface area contributed by atoms with E-state index in [0.717, 1.165) is 10.9 Å². The number of hydrogen-bond acceptors (Lipinski definition) is 3. The van der Waals surface area contributed by atoms with Crippen molar-refractivity contribution in [3.63, 3.8) is 0 Å². The molecular formula is C19H14N2O3. The van der Waals surface area contributed by atoms with E-state index in [4.69, 9.17) is 0 Å². The van der Waals surface area contributed by atoms with Gasteiger partial charge in [0.2, 0.25) is 0 Å². The summed E-state index contributed by atoms with van der Waals surface area (Å²) in [4.78, 5) is 38.4. The normalized spacial score (nSPS) is 13.7. The van der Waals surface area contributed by atoms with Crippen molar-refractivity contribution in [2.45, 2.75) is 6.92 Å². The van der Waals surface area contributed by atoms with E-state index >= 15 is 0 Å². The summed E-state index contributed by atoms with van der Waals surface area (Å²) in [5.74, 6) is -0.645. The second kappa shape index (κ2) is 4.89. The third-order valence-electron chi connectivity index (χ3n) is 4.44.